The number of hydrogen-bond donors (Lipinski definition) is 1. The van der Waals surface area contributed by atoms with E-state index in [4.69, 9.17) is 4.98 Å². The van der Waals surface area contributed by atoms with Crippen molar-refractivity contribution in [3.8, 4) is 0 Å². The van der Waals surface area contributed by atoms with E-state index in [1.54, 1.807) is 11.3 Å². The summed E-state index contributed by atoms with van der Waals surface area (Å²) < 4.78 is 0. The van der Waals surface area contributed by atoms with Crippen molar-refractivity contribution in [3.63, 3.8) is 0 Å². The fourth-order valence-electron chi connectivity index (χ4n) is 1.83. The Balaban J connectivity index is 2.01. The smallest absolute Gasteiger partial charge is 0.185 e. The maximum absolute atomic E-state index is 4.70. The minimum atomic E-state index is 0.482. The van der Waals surface area contributed by atoms with E-state index < -0.39 is 0 Å². The van der Waals surface area contributed by atoms with E-state index >= 15 is 0 Å². The van der Waals surface area contributed by atoms with Crippen molar-refractivity contribution in [2.45, 2.75) is 39.9 Å². The molecule has 0 aliphatic rings. The molecule has 0 unspecified atom stereocenters. The van der Waals surface area contributed by atoms with E-state index in [9.17, 15) is 0 Å². The van der Waals surface area contributed by atoms with Gasteiger partial charge in [-0.3, -0.25) is 4.98 Å². The monoisotopic (exact) mass is 290 g/mol. The Labute approximate surface area is 124 Å². The topological polar surface area (TPSA) is 41.1 Å². The maximum atomic E-state index is 4.70. The summed E-state index contributed by atoms with van der Waals surface area (Å²) in [6, 6.07) is 6.50. The summed E-state index contributed by atoms with van der Waals surface area (Å²) in [5.41, 5.74) is 2.18. The lowest BCUT2D eigenvalue weighted by Crippen LogP contribution is -2.23. The minimum absolute atomic E-state index is 0.482. The number of hydrogen-bond acceptors (Lipinski definition) is 5. The molecule has 0 spiro atoms. The lowest BCUT2D eigenvalue weighted by atomic mass is 10.3. The molecule has 1 N–H and O–H groups in total. The first-order chi connectivity index (χ1) is 9.69. The van der Waals surface area contributed by atoms with Crippen LogP contribution in [0.2, 0.25) is 0 Å². The predicted molar refractivity (Wildman–Crippen MR) is 85.1 cm³/mol. The number of nitrogens with one attached hydrogen (secondary N) is 1. The zero-order valence-electron chi connectivity index (χ0n) is 12.3. The molecule has 0 aliphatic carbocycles. The van der Waals surface area contributed by atoms with Gasteiger partial charge in [0, 0.05) is 30.7 Å². The third kappa shape index (κ3) is 4.28. The molecule has 4 nitrogen and oxygen atoms in total. The average Bonchev–Trinajstić information content (AvgIpc) is 2.92. The molecule has 0 bridgehead atoms. The molecule has 0 amide bonds. The molecule has 2 rings (SSSR count). The van der Waals surface area contributed by atoms with Crippen LogP contribution in [0, 0.1) is 0 Å². The number of aromatic nitrogens is 2. The Bertz CT molecular complexity index is 510. The van der Waals surface area contributed by atoms with Gasteiger partial charge in [0.2, 0.25) is 0 Å². The van der Waals surface area contributed by atoms with Crippen LogP contribution in [0.1, 0.15) is 32.2 Å². The van der Waals surface area contributed by atoms with Crippen LogP contribution >= 0.6 is 11.3 Å². The number of thiazole rings is 1. The van der Waals surface area contributed by atoms with Crippen molar-refractivity contribution in [2.24, 2.45) is 0 Å². The van der Waals surface area contributed by atoms with Gasteiger partial charge in [-0.15, -0.1) is 11.3 Å². The van der Waals surface area contributed by atoms with E-state index in [0.29, 0.717) is 6.04 Å². The van der Waals surface area contributed by atoms with Gasteiger partial charge < -0.3 is 10.2 Å². The second-order valence-electron chi connectivity index (χ2n) is 4.99. The van der Waals surface area contributed by atoms with Crippen molar-refractivity contribution in [2.75, 3.05) is 11.4 Å². The Kier molecular flexibility index (Phi) is 5.49. The summed E-state index contributed by atoms with van der Waals surface area (Å²) >= 11 is 1.70. The molecule has 108 valence electrons. The summed E-state index contributed by atoms with van der Waals surface area (Å²) in [5.74, 6) is 0. The highest BCUT2D eigenvalue weighted by molar-refractivity contribution is 7.13. The second-order valence-corrected chi connectivity index (χ2v) is 5.83. The van der Waals surface area contributed by atoms with Gasteiger partial charge in [0.05, 0.1) is 17.9 Å². The molecule has 0 saturated heterocycles. The van der Waals surface area contributed by atoms with Crippen molar-refractivity contribution in [3.05, 3.63) is 41.2 Å². The van der Waals surface area contributed by atoms with Crippen LogP contribution < -0.4 is 10.2 Å². The molecule has 0 aliphatic heterocycles. The lowest BCUT2D eigenvalue weighted by Gasteiger charge is -2.19. The van der Waals surface area contributed by atoms with Gasteiger partial charge in [-0.05, 0) is 19.1 Å². The Hall–Kier alpha value is -1.46. The quantitative estimate of drug-likeness (QED) is 0.851. The molecule has 5 heteroatoms. The number of nitrogens with zero attached hydrogens (tertiary/aromatic N) is 3. The van der Waals surface area contributed by atoms with Gasteiger partial charge in [-0.2, -0.15) is 0 Å². The third-order valence-electron chi connectivity index (χ3n) is 2.96. The van der Waals surface area contributed by atoms with Crippen LogP contribution in [0.5, 0.6) is 0 Å². The summed E-state index contributed by atoms with van der Waals surface area (Å²) in [6.45, 7) is 9.01. The zero-order chi connectivity index (χ0) is 14.4. The standard InChI is InChI=1S/C15H22N4S/c1-4-19(10-13-7-5-6-8-16-13)15-18-14(11-20-15)9-17-12(2)3/h5-8,11-12,17H,4,9-10H2,1-3H3. The van der Waals surface area contributed by atoms with Crippen LogP contribution in [-0.2, 0) is 13.1 Å². The molecule has 0 fully saturated rings. The summed E-state index contributed by atoms with van der Waals surface area (Å²) in [7, 11) is 0. The summed E-state index contributed by atoms with van der Waals surface area (Å²) in [6.07, 6.45) is 1.84. The van der Waals surface area contributed by atoms with Crippen LogP contribution in [0.4, 0.5) is 5.13 Å². The second kappa shape index (κ2) is 7.36. The molecule has 2 aromatic heterocycles. The minimum Gasteiger partial charge on any atom is -0.342 e. The summed E-state index contributed by atoms with van der Waals surface area (Å²) in [4.78, 5) is 11.3. The van der Waals surface area contributed by atoms with Gasteiger partial charge in [0.15, 0.2) is 5.13 Å². The van der Waals surface area contributed by atoms with E-state index in [-0.39, 0.29) is 0 Å². The highest BCUT2D eigenvalue weighted by atomic mass is 32.1. The molecule has 20 heavy (non-hydrogen) atoms. The highest BCUT2D eigenvalue weighted by Gasteiger charge is 2.10. The van der Waals surface area contributed by atoms with Crippen LogP contribution in [0.3, 0.4) is 0 Å². The average molecular weight is 290 g/mol. The lowest BCUT2D eigenvalue weighted by molar-refractivity contribution is 0.582. The largest absolute Gasteiger partial charge is 0.342 e. The van der Waals surface area contributed by atoms with E-state index in [1.165, 1.54) is 0 Å². The van der Waals surface area contributed by atoms with E-state index in [1.807, 2.05) is 18.3 Å². The zero-order valence-corrected chi connectivity index (χ0v) is 13.2. The van der Waals surface area contributed by atoms with Gasteiger partial charge in [0.25, 0.3) is 0 Å². The predicted octanol–water partition coefficient (Wildman–Crippen LogP) is 3.06. The van der Waals surface area contributed by atoms with E-state index in [0.717, 1.165) is 36.2 Å². The van der Waals surface area contributed by atoms with Crippen molar-refractivity contribution in [1.29, 1.82) is 0 Å². The Morgan fingerprint density at radius 1 is 1.30 bits per heavy atom. The Morgan fingerprint density at radius 2 is 2.15 bits per heavy atom. The van der Waals surface area contributed by atoms with Crippen molar-refractivity contribution >= 4 is 16.5 Å². The van der Waals surface area contributed by atoms with Crippen LogP contribution in [-0.4, -0.2) is 22.6 Å². The van der Waals surface area contributed by atoms with Crippen LogP contribution in [0.15, 0.2) is 29.8 Å². The fourth-order valence-corrected chi connectivity index (χ4v) is 2.72. The van der Waals surface area contributed by atoms with Crippen LogP contribution in [0.25, 0.3) is 0 Å². The Morgan fingerprint density at radius 3 is 2.80 bits per heavy atom. The van der Waals surface area contributed by atoms with Gasteiger partial charge in [-0.25, -0.2) is 4.98 Å². The van der Waals surface area contributed by atoms with E-state index in [2.05, 4.69) is 47.4 Å². The molecule has 2 aromatic rings. The van der Waals surface area contributed by atoms with Crippen molar-refractivity contribution in [1.82, 2.24) is 15.3 Å². The van der Waals surface area contributed by atoms with Gasteiger partial charge in [0.1, 0.15) is 0 Å². The van der Waals surface area contributed by atoms with Crippen molar-refractivity contribution < 1.29 is 0 Å². The first-order valence-electron chi connectivity index (χ1n) is 7.01. The molecular formula is C15H22N4S. The molecule has 2 heterocycles. The normalized spacial score (nSPS) is 11.0. The summed E-state index contributed by atoms with van der Waals surface area (Å²) in [5, 5.41) is 6.59. The highest BCUT2D eigenvalue weighted by Crippen LogP contribution is 2.21. The first-order valence-corrected chi connectivity index (χ1v) is 7.89. The third-order valence-corrected chi connectivity index (χ3v) is 3.91. The van der Waals surface area contributed by atoms with Gasteiger partial charge >= 0.3 is 0 Å². The maximum Gasteiger partial charge on any atom is 0.185 e. The first kappa shape index (κ1) is 14.9. The number of rotatable bonds is 7. The fraction of sp³-hybridized carbons (Fsp3) is 0.467. The molecule has 0 radical (unpaired) electrons. The molecule has 0 aromatic carbocycles. The van der Waals surface area contributed by atoms with Gasteiger partial charge in [-0.1, -0.05) is 19.9 Å². The number of pyridine rings is 1. The SMILES string of the molecule is CCN(Cc1ccccn1)c1nc(CNC(C)C)cs1. The molecule has 0 atom stereocenters. The molecule has 0 saturated carbocycles. The molecular weight excluding hydrogens is 268 g/mol. The number of anilines is 1.